The van der Waals surface area contributed by atoms with Gasteiger partial charge < -0.3 is 8.83 Å². The Balaban J connectivity index is 1.82. The lowest BCUT2D eigenvalue weighted by Crippen LogP contribution is -1.78. The predicted molar refractivity (Wildman–Crippen MR) is 109 cm³/mol. The van der Waals surface area contributed by atoms with Crippen LogP contribution in [0.3, 0.4) is 0 Å². The van der Waals surface area contributed by atoms with Gasteiger partial charge in [-0.3, -0.25) is 0 Å². The number of oxazole rings is 1. The quantitative estimate of drug-likeness (QED) is 0.307. The summed E-state index contributed by atoms with van der Waals surface area (Å²) >= 11 is 6.52. The van der Waals surface area contributed by atoms with Gasteiger partial charge in [-0.1, -0.05) is 54.1 Å². The average Bonchev–Trinajstić information content (AvgIpc) is 3.31. The van der Waals surface area contributed by atoms with Crippen molar-refractivity contribution in [3.63, 3.8) is 0 Å². The van der Waals surface area contributed by atoms with Gasteiger partial charge in [0.2, 0.25) is 5.89 Å². The number of aromatic nitrogens is 1. The monoisotopic (exact) mass is 369 g/mol. The number of hydrogen-bond acceptors (Lipinski definition) is 3. The van der Waals surface area contributed by atoms with Crippen LogP contribution in [0.15, 0.2) is 81.6 Å². The Morgan fingerprint density at radius 1 is 0.741 bits per heavy atom. The van der Waals surface area contributed by atoms with Gasteiger partial charge in [0.05, 0.1) is 5.02 Å². The summed E-state index contributed by atoms with van der Waals surface area (Å²) in [5.41, 5.74) is 4.00. The van der Waals surface area contributed by atoms with Crippen molar-refractivity contribution < 1.29 is 8.83 Å². The summed E-state index contributed by atoms with van der Waals surface area (Å²) in [7, 11) is 0. The fourth-order valence-corrected chi connectivity index (χ4v) is 4.00. The summed E-state index contributed by atoms with van der Waals surface area (Å²) < 4.78 is 12.3. The van der Waals surface area contributed by atoms with Gasteiger partial charge >= 0.3 is 0 Å². The smallest absolute Gasteiger partial charge is 0.227 e. The SMILES string of the molecule is Clc1cc2ccc3nc(-c4ccccc4)oc3c2c2c1oc1ccccc12. The van der Waals surface area contributed by atoms with E-state index in [1.54, 1.807) is 0 Å². The zero-order valence-corrected chi connectivity index (χ0v) is 14.8. The third kappa shape index (κ3) is 2.06. The molecule has 27 heavy (non-hydrogen) atoms. The van der Waals surface area contributed by atoms with Crippen LogP contribution in [0.25, 0.3) is 55.3 Å². The maximum Gasteiger partial charge on any atom is 0.227 e. The third-order valence-corrected chi connectivity index (χ3v) is 5.24. The van der Waals surface area contributed by atoms with Crippen molar-refractivity contribution in [1.29, 1.82) is 0 Å². The number of hydrogen-bond donors (Lipinski definition) is 0. The first-order valence-corrected chi connectivity index (χ1v) is 9.06. The van der Waals surface area contributed by atoms with Gasteiger partial charge in [-0.2, -0.15) is 0 Å². The normalized spacial score (nSPS) is 11.9. The Labute approximate surface area is 158 Å². The molecule has 6 rings (SSSR count). The van der Waals surface area contributed by atoms with Crippen LogP contribution >= 0.6 is 11.6 Å². The van der Waals surface area contributed by atoms with Gasteiger partial charge in [0, 0.05) is 21.7 Å². The molecule has 2 aromatic heterocycles. The Hall–Kier alpha value is -3.30. The zero-order chi connectivity index (χ0) is 18.0. The van der Waals surface area contributed by atoms with E-state index in [0.29, 0.717) is 16.5 Å². The first kappa shape index (κ1) is 14.8. The lowest BCUT2D eigenvalue weighted by molar-refractivity contribution is 0.623. The summed E-state index contributed by atoms with van der Waals surface area (Å²) in [6.45, 7) is 0. The van der Waals surface area contributed by atoms with Crippen molar-refractivity contribution in [2.45, 2.75) is 0 Å². The average molecular weight is 370 g/mol. The molecule has 2 heterocycles. The highest BCUT2D eigenvalue weighted by atomic mass is 35.5. The van der Waals surface area contributed by atoms with Crippen molar-refractivity contribution in [1.82, 2.24) is 4.98 Å². The number of benzene rings is 4. The van der Waals surface area contributed by atoms with Crippen LogP contribution in [0, 0.1) is 0 Å². The summed E-state index contributed by atoms with van der Waals surface area (Å²) in [6, 6.07) is 23.8. The van der Waals surface area contributed by atoms with Crippen molar-refractivity contribution in [3.8, 4) is 11.5 Å². The Morgan fingerprint density at radius 3 is 2.44 bits per heavy atom. The highest BCUT2D eigenvalue weighted by molar-refractivity contribution is 6.39. The number of nitrogens with zero attached hydrogens (tertiary/aromatic N) is 1. The maximum absolute atomic E-state index is 6.52. The molecule has 4 heteroatoms. The molecule has 4 aromatic carbocycles. The summed E-state index contributed by atoms with van der Waals surface area (Å²) in [5, 5.41) is 4.56. The van der Waals surface area contributed by atoms with E-state index in [4.69, 9.17) is 25.4 Å². The molecule has 0 radical (unpaired) electrons. The van der Waals surface area contributed by atoms with Crippen molar-refractivity contribution in [3.05, 3.63) is 77.8 Å². The highest BCUT2D eigenvalue weighted by Gasteiger charge is 2.19. The second-order valence-electron chi connectivity index (χ2n) is 6.56. The minimum Gasteiger partial charge on any atom is -0.454 e. The van der Waals surface area contributed by atoms with Crippen LogP contribution in [0.5, 0.6) is 0 Å². The van der Waals surface area contributed by atoms with Crippen LogP contribution in [0.1, 0.15) is 0 Å². The van der Waals surface area contributed by atoms with Crippen LogP contribution in [-0.2, 0) is 0 Å². The summed E-state index contributed by atoms with van der Waals surface area (Å²) in [5.74, 6) is 0.606. The Morgan fingerprint density at radius 2 is 1.56 bits per heavy atom. The van der Waals surface area contributed by atoms with Gasteiger partial charge in [0.15, 0.2) is 11.2 Å². The molecule has 0 fully saturated rings. The lowest BCUT2D eigenvalue weighted by Gasteiger charge is -2.02. The highest BCUT2D eigenvalue weighted by Crippen LogP contribution is 2.42. The van der Waals surface area contributed by atoms with E-state index in [2.05, 4.69) is 0 Å². The topological polar surface area (TPSA) is 39.2 Å². The maximum atomic E-state index is 6.52. The molecule has 128 valence electrons. The molecule has 0 aliphatic carbocycles. The molecule has 3 nitrogen and oxygen atoms in total. The van der Waals surface area contributed by atoms with Gasteiger partial charge in [-0.15, -0.1) is 0 Å². The number of furan rings is 1. The molecule has 0 amide bonds. The Bertz CT molecular complexity index is 1480. The minimum absolute atomic E-state index is 0.593. The molecular weight excluding hydrogens is 358 g/mol. The standard InChI is InChI=1S/C23H12ClNO2/c24-16-12-14-10-11-17-22(27-23(25-17)13-6-2-1-3-7-13)19(14)20-15-8-4-5-9-18(15)26-21(16)20/h1-12H. The van der Waals surface area contributed by atoms with Crippen LogP contribution in [0.4, 0.5) is 0 Å². The molecule has 0 N–H and O–H groups in total. The number of para-hydroxylation sites is 1. The van der Waals surface area contributed by atoms with Gasteiger partial charge in [0.25, 0.3) is 0 Å². The first-order chi connectivity index (χ1) is 13.3. The largest absolute Gasteiger partial charge is 0.454 e. The molecular formula is C23H12ClNO2. The fraction of sp³-hybridized carbons (Fsp3) is 0. The molecule has 6 aromatic rings. The van der Waals surface area contributed by atoms with Crippen molar-refractivity contribution in [2.24, 2.45) is 0 Å². The van der Waals surface area contributed by atoms with E-state index >= 15 is 0 Å². The number of rotatable bonds is 1. The van der Waals surface area contributed by atoms with E-state index in [1.807, 2.05) is 72.8 Å². The lowest BCUT2D eigenvalue weighted by atomic mass is 10.0. The number of halogens is 1. The Kier molecular flexibility index (Phi) is 2.94. The van der Waals surface area contributed by atoms with Gasteiger partial charge in [0.1, 0.15) is 11.1 Å². The fourth-order valence-electron chi connectivity index (χ4n) is 3.75. The van der Waals surface area contributed by atoms with E-state index in [1.165, 1.54) is 0 Å². The molecule has 0 spiro atoms. The van der Waals surface area contributed by atoms with E-state index in [0.717, 1.165) is 43.8 Å². The zero-order valence-electron chi connectivity index (χ0n) is 14.1. The third-order valence-electron chi connectivity index (χ3n) is 4.96. The van der Waals surface area contributed by atoms with E-state index in [-0.39, 0.29) is 0 Å². The van der Waals surface area contributed by atoms with Crippen LogP contribution in [0.2, 0.25) is 5.02 Å². The predicted octanol–water partition coefficient (Wildman–Crippen LogP) is 7.20. The van der Waals surface area contributed by atoms with Crippen molar-refractivity contribution >= 4 is 55.4 Å². The first-order valence-electron chi connectivity index (χ1n) is 8.68. The second kappa shape index (κ2) is 5.35. The molecule has 0 atom stereocenters. The minimum atomic E-state index is 0.593. The van der Waals surface area contributed by atoms with Gasteiger partial charge in [-0.25, -0.2) is 4.98 Å². The molecule has 0 saturated heterocycles. The van der Waals surface area contributed by atoms with Crippen LogP contribution < -0.4 is 0 Å². The van der Waals surface area contributed by atoms with E-state index < -0.39 is 0 Å². The molecule has 0 unspecified atom stereocenters. The van der Waals surface area contributed by atoms with Gasteiger partial charge in [-0.05, 0) is 35.7 Å². The molecule has 0 aliphatic heterocycles. The molecule has 0 aliphatic rings. The second-order valence-corrected chi connectivity index (χ2v) is 6.96. The summed E-state index contributed by atoms with van der Waals surface area (Å²) in [6.07, 6.45) is 0. The van der Waals surface area contributed by atoms with Crippen molar-refractivity contribution in [2.75, 3.05) is 0 Å². The number of fused-ring (bicyclic) bond motifs is 7. The van der Waals surface area contributed by atoms with E-state index in [9.17, 15) is 0 Å². The molecule has 0 bridgehead atoms. The van der Waals surface area contributed by atoms with Crippen LogP contribution in [-0.4, -0.2) is 4.98 Å². The summed E-state index contributed by atoms with van der Waals surface area (Å²) in [4.78, 5) is 4.70. The molecule has 0 saturated carbocycles.